The molecule has 0 aliphatic heterocycles. The second-order valence-electron chi connectivity index (χ2n) is 6.51. The minimum absolute atomic E-state index is 0.0363. The Morgan fingerprint density at radius 3 is 2.10 bits per heavy atom. The lowest BCUT2D eigenvalue weighted by molar-refractivity contribution is -0.384. The molecule has 1 aromatic heterocycles. The van der Waals surface area contributed by atoms with Crippen LogP contribution in [-0.4, -0.2) is 20.6 Å². The molecule has 0 spiro atoms. The van der Waals surface area contributed by atoms with E-state index in [1.807, 2.05) is 61.5 Å². The Balaban J connectivity index is 1.65. The van der Waals surface area contributed by atoms with Gasteiger partial charge in [0.2, 0.25) is 0 Å². The predicted molar refractivity (Wildman–Crippen MR) is 118 cm³/mol. The molecule has 3 aromatic carbocycles. The summed E-state index contributed by atoms with van der Waals surface area (Å²) in [6.07, 6.45) is 0. The van der Waals surface area contributed by atoms with Crippen molar-refractivity contribution in [2.24, 2.45) is 5.10 Å². The number of para-hydroxylation sites is 3. The molecule has 0 radical (unpaired) electrons. The van der Waals surface area contributed by atoms with Crippen LogP contribution in [0.25, 0.3) is 11.0 Å². The summed E-state index contributed by atoms with van der Waals surface area (Å²) in [6.45, 7) is 1.81. The topological polar surface area (TPSA) is 105 Å². The zero-order valence-corrected chi connectivity index (χ0v) is 16.1. The van der Waals surface area contributed by atoms with Crippen molar-refractivity contribution >= 4 is 39.8 Å². The van der Waals surface area contributed by atoms with Crippen LogP contribution in [0.5, 0.6) is 0 Å². The number of benzene rings is 3. The normalized spacial score (nSPS) is 11.3. The molecule has 0 saturated heterocycles. The number of nitro groups is 1. The average Bonchev–Trinajstić information content (AvgIpc) is 2.78. The van der Waals surface area contributed by atoms with Crippen LogP contribution in [0.4, 0.5) is 23.0 Å². The third kappa shape index (κ3) is 4.22. The summed E-state index contributed by atoms with van der Waals surface area (Å²) in [5.74, 6) is 1.01. The Morgan fingerprint density at radius 1 is 0.867 bits per heavy atom. The van der Waals surface area contributed by atoms with Crippen molar-refractivity contribution < 1.29 is 4.92 Å². The molecular weight excluding hydrogens is 380 g/mol. The van der Waals surface area contributed by atoms with E-state index in [4.69, 9.17) is 0 Å². The molecule has 8 nitrogen and oxygen atoms in total. The summed E-state index contributed by atoms with van der Waals surface area (Å²) in [7, 11) is 0. The third-order valence-corrected chi connectivity index (χ3v) is 4.43. The van der Waals surface area contributed by atoms with Gasteiger partial charge in [-0.05, 0) is 48.9 Å². The largest absolute Gasteiger partial charge is 0.337 e. The van der Waals surface area contributed by atoms with Crippen molar-refractivity contribution in [3.8, 4) is 0 Å². The molecule has 1 heterocycles. The van der Waals surface area contributed by atoms with E-state index in [2.05, 4.69) is 25.8 Å². The van der Waals surface area contributed by atoms with Gasteiger partial charge in [0.1, 0.15) is 0 Å². The second kappa shape index (κ2) is 8.36. The van der Waals surface area contributed by atoms with Crippen molar-refractivity contribution in [1.82, 2.24) is 9.97 Å². The van der Waals surface area contributed by atoms with Gasteiger partial charge in [-0.2, -0.15) is 5.10 Å². The summed E-state index contributed by atoms with van der Waals surface area (Å²) in [5.41, 5.74) is 6.81. The van der Waals surface area contributed by atoms with Gasteiger partial charge >= 0.3 is 0 Å². The van der Waals surface area contributed by atoms with Gasteiger partial charge in [0.05, 0.1) is 21.7 Å². The van der Waals surface area contributed by atoms with Gasteiger partial charge in [0.15, 0.2) is 11.6 Å². The molecule has 0 atom stereocenters. The SMILES string of the molecule is C/C(=N\Nc1nc2ccccc2nc1Nc1ccccc1)c1ccc([N+](=O)[O-])cc1. The molecule has 0 unspecified atom stereocenters. The zero-order valence-electron chi connectivity index (χ0n) is 16.1. The molecule has 0 fully saturated rings. The first-order chi connectivity index (χ1) is 14.6. The van der Waals surface area contributed by atoms with Gasteiger partial charge in [-0.1, -0.05) is 30.3 Å². The van der Waals surface area contributed by atoms with Crippen LogP contribution in [0, 0.1) is 10.1 Å². The molecule has 4 rings (SSSR count). The van der Waals surface area contributed by atoms with Crippen LogP contribution in [0.15, 0.2) is 84.0 Å². The smallest absolute Gasteiger partial charge is 0.269 e. The highest BCUT2D eigenvalue weighted by Gasteiger charge is 2.10. The number of nitrogens with zero attached hydrogens (tertiary/aromatic N) is 4. The maximum Gasteiger partial charge on any atom is 0.269 e. The van der Waals surface area contributed by atoms with Crippen molar-refractivity contribution in [3.63, 3.8) is 0 Å². The standard InChI is InChI=1S/C22H18N6O2/c1-15(16-11-13-18(14-12-16)28(29)30)26-27-22-21(23-17-7-3-2-4-8-17)24-19-9-5-6-10-20(19)25-22/h2-14H,1H3,(H,23,24)(H,25,27)/b26-15+. The summed E-state index contributed by atoms with van der Waals surface area (Å²) in [5, 5.41) is 18.5. The summed E-state index contributed by atoms with van der Waals surface area (Å²) >= 11 is 0. The second-order valence-corrected chi connectivity index (χ2v) is 6.51. The minimum Gasteiger partial charge on any atom is -0.337 e. The fraction of sp³-hybridized carbons (Fsp3) is 0.0455. The summed E-state index contributed by atoms with van der Waals surface area (Å²) in [6, 6.07) is 23.5. The van der Waals surface area contributed by atoms with Gasteiger partial charge < -0.3 is 5.32 Å². The summed E-state index contributed by atoms with van der Waals surface area (Å²) < 4.78 is 0. The van der Waals surface area contributed by atoms with Gasteiger partial charge in [-0.25, -0.2) is 9.97 Å². The molecule has 2 N–H and O–H groups in total. The fourth-order valence-corrected chi connectivity index (χ4v) is 2.85. The van der Waals surface area contributed by atoms with Crippen LogP contribution in [0.1, 0.15) is 12.5 Å². The highest BCUT2D eigenvalue weighted by molar-refractivity contribution is 5.99. The third-order valence-electron chi connectivity index (χ3n) is 4.43. The number of hydrogen-bond donors (Lipinski definition) is 2. The first-order valence-electron chi connectivity index (χ1n) is 9.24. The van der Waals surface area contributed by atoms with E-state index < -0.39 is 4.92 Å². The Hall–Kier alpha value is -4.33. The Morgan fingerprint density at radius 2 is 1.47 bits per heavy atom. The minimum atomic E-state index is -0.430. The van der Waals surface area contributed by atoms with Gasteiger partial charge in [-0.15, -0.1) is 0 Å². The van der Waals surface area contributed by atoms with E-state index in [1.165, 1.54) is 12.1 Å². The van der Waals surface area contributed by atoms with Crippen LogP contribution < -0.4 is 10.7 Å². The first kappa shape index (κ1) is 19.0. The van der Waals surface area contributed by atoms with E-state index in [1.54, 1.807) is 12.1 Å². The van der Waals surface area contributed by atoms with Gasteiger partial charge in [0, 0.05) is 17.8 Å². The monoisotopic (exact) mass is 398 g/mol. The average molecular weight is 398 g/mol. The lowest BCUT2D eigenvalue weighted by atomic mass is 10.1. The molecule has 0 aliphatic carbocycles. The van der Waals surface area contributed by atoms with Crippen LogP contribution in [0.2, 0.25) is 0 Å². The Bertz CT molecular complexity index is 1220. The fourth-order valence-electron chi connectivity index (χ4n) is 2.85. The highest BCUT2D eigenvalue weighted by Crippen LogP contribution is 2.25. The molecule has 0 amide bonds. The molecule has 0 bridgehead atoms. The number of non-ortho nitro benzene ring substituents is 1. The molecule has 4 aromatic rings. The number of hydrogen-bond acceptors (Lipinski definition) is 7. The van der Waals surface area contributed by atoms with Crippen molar-refractivity contribution in [3.05, 3.63) is 94.5 Å². The number of hydrazone groups is 1. The number of nitro benzene ring substituents is 1. The molecule has 8 heteroatoms. The zero-order chi connectivity index (χ0) is 20.9. The molecular formula is C22H18N6O2. The number of rotatable bonds is 6. The van der Waals surface area contributed by atoms with E-state index in [-0.39, 0.29) is 5.69 Å². The number of fused-ring (bicyclic) bond motifs is 1. The molecule has 0 aliphatic rings. The highest BCUT2D eigenvalue weighted by atomic mass is 16.6. The maximum absolute atomic E-state index is 10.8. The first-order valence-corrected chi connectivity index (χ1v) is 9.24. The van der Waals surface area contributed by atoms with Crippen molar-refractivity contribution in [2.45, 2.75) is 6.92 Å². The number of nitrogens with one attached hydrogen (secondary N) is 2. The predicted octanol–water partition coefficient (Wildman–Crippen LogP) is 5.12. The Labute approximate surface area is 172 Å². The van der Waals surface area contributed by atoms with E-state index in [0.717, 1.165) is 22.3 Å². The van der Waals surface area contributed by atoms with Gasteiger partial charge in [-0.3, -0.25) is 15.5 Å². The lowest BCUT2D eigenvalue weighted by Crippen LogP contribution is -2.05. The van der Waals surface area contributed by atoms with Crippen molar-refractivity contribution in [1.29, 1.82) is 0 Å². The van der Waals surface area contributed by atoms with E-state index in [9.17, 15) is 10.1 Å². The van der Waals surface area contributed by atoms with E-state index >= 15 is 0 Å². The van der Waals surface area contributed by atoms with E-state index in [0.29, 0.717) is 17.3 Å². The summed E-state index contributed by atoms with van der Waals surface area (Å²) in [4.78, 5) is 19.7. The molecule has 148 valence electrons. The Kier molecular flexibility index (Phi) is 5.29. The maximum atomic E-state index is 10.8. The van der Waals surface area contributed by atoms with Gasteiger partial charge in [0.25, 0.3) is 5.69 Å². The lowest BCUT2D eigenvalue weighted by Gasteiger charge is -2.12. The quantitative estimate of drug-likeness (QED) is 0.265. The van der Waals surface area contributed by atoms with Crippen LogP contribution in [-0.2, 0) is 0 Å². The van der Waals surface area contributed by atoms with Crippen LogP contribution >= 0.6 is 0 Å². The number of anilines is 3. The van der Waals surface area contributed by atoms with Crippen LogP contribution in [0.3, 0.4) is 0 Å². The molecule has 0 saturated carbocycles. The number of aromatic nitrogens is 2. The molecule has 30 heavy (non-hydrogen) atoms. The van der Waals surface area contributed by atoms with Crippen molar-refractivity contribution in [2.75, 3.05) is 10.7 Å².